The molecule has 1 saturated heterocycles. The number of rotatable bonds is 4. The largest absolute Gasteiger partial charge is 0.365 e. The fourth-order valence-electron chi connectivity index (χ4n) is 3.26. The Kier molecular flexibility index (Phi) is 5.77. The van der Waals surface area contributed by atoms with Gasteiger partial charge in [0.2, 0.25) is 0 Å². The number of piperazine rings is 1. The SMILES string of the molecule is CCc1ccc(NC(=O)N2CCN(c3nnc(C)c(C)c3C(N)=O)CC2)cc1. The first-order valence-corrected chi connectivity index (χ1v) is 9.44. The Labute approximate surface area is 164 Å². The summed E-state index contributed by atoms with van der Waals surface area (Å²) in [6, 6.07) is 7.72. The maximum Gasteiger partial charge on any atom is 0.321 e. The van der Waals surface area contributed by atoms with E-state index in [1.807, 2.05) is 36.1 Å². The standard InChI is InChI=1S/C20H26N6O2/c1-4-15-5-7-16(8-6-15)22-20(28)26-11-9-25(10-12-26)19-17(18(21)27)13(2)14(3)23-24-19/h5-8H,4,9-12H2,1-3H3,(H2,21,27)(H,22,28). The average Bonchev–Trinajstić information content (AvgIpc) is 2.70. The molecule has 0 radical (unpaired) electrons. The van der Waals surface area contributed by atoms with Crippen molar-refractivity contribution >= 4 is 23.4 Å². The number of benzene rings is 1. The van der Waals surface area contributed by atoms with Gasteiger partial charge >= 0.3 is 6.03 Å². The first kappa shape index (κ1) is 19.6. The zero-order valence-electron chi connectivity index (χ0n) is 16.5. The van der Waals surface area contributed by atoms with Gasteiger partial charge in [-0.1, -0.05) is 19.1 Å². The van der Waals surface area contributed by atoms with Gasteiger partial charge in [-0.15, -0.1) is 5.10 Å². The Bertz CT molecular complexity index is 873. The second-order valence-electron chi connectivity index (χ2n) is 6.93. The maximum absolute atomic E-state index is 12.5. The molecule has 1 fully saturated rings. The van der Waals surface area contributed by atoms with E-state index in [9.17, 15) is 9.59 Å². The minimum absolute atomic E-state index is 0.134. The van der Waals surface area contributed by atoms with Crippen molar-refractivity contribution in [1.29, 1.82) is 0 Å². The van der Waals surface area contributed by atoms with Crippen molar-refractivity contribution in [3.8, 4) is 0 Å². The molecule has 0 unspecified atom stereocenters. The van der Waals surface area contributed by atoms with Crippen LogP contribution in [0.3, 0.4) is 0 Å². The summed E-state index contributed by atoms with van der Waals surface area (Å²) >= 11 is 0. The van der Waals surface area contributed by atoms with E-state index in [0.717, 1.165) is 17.7 Å². The lowest BCUT2D eigenvalue weighted by Gasteiger charge is -2.35. The number of carbonyl (C=O) groups excluding carboxylic acids is 2. The number of aromatic nitrogens is 2. The number of amides is 3. The van der Waals surface area contributed by atoms with Crippen LogP contribution in [0.2, 0.25) is 0 Å². The first-order valence-electron chi connectivity index (χ1n) is 9.44. The summed E-state index contributed by atoms with van der Waals surface area (Å²) in [5.41, 5.74) is 9.40. The Balaban J connectivity index is 1.65. The summed E-state index contributed by atoms with van der Waals surface area (Å²) in [4.78, 5) is 28.2. The van der Waals surface area contributed by atoms with Gasteiger partial charge in [-0.25, -0.2) is 4.79 Å². The fraction of sp³-hybridized carbons (Fsp3) is 0.400. The van der Waals surface area contributed by atoms with Gasteiger partial charge in [0.25, 0.3) is 5.91 Å². The van der Waals surface area contributed by atoms with Gasteiger partial charge in [-0.05, 0) is 43.5 Å². The molecule has 1 aromatic heterocycles. The molecule has 0 aliphatic carbocycles. The monoisotopic (exact) mass is 382 g/mol. The van der Waals surface area contributed by atoms with Gasteiger partial charge in [0, 0.05) is 31.9 Å². The zero-order chi connectivity index (χ0) is 20.3. The molecule has 2 aromatic rings. The van der Waals surface area contributed by atoms with E-state index in [0.29, 0.717) is 43.3 Å². The molecule has 3 N–H and O–H groups in total. The van der Waals surface area contributed by atoms with Crippen molar-refractivity contribution in [2.24, 2.45) is 5.73 Å². The zero-order valence-corrected chi connectivity index (χ0v) is 16.5. The molecule has 2 heterocycles. The second-order valence-corrected chi connectivity index (χ2v) is 6.93. The molecule has 8 heteroatoms. The Morgan fingerprint density at radius 3 is 2.29 bits per heavy atom. The number of primary amides is 1. The molecule has 148 valence electrons. The van der Waals surface area contributed by atoms with Gasteiger partial charge in [-0.3, -0.25) is 4.79 Å². The summed E-state index contributed by atoms with van der Waals surface area (Å²) in [6.07, 6.45) is 0.963. The van der Waals surface area contributed by atoms with E-state index in [2.05, 4.69) is 22.4 Å². The highest BCUT2D eigenvalue weighted by Gasteiger charge is 2.26. The molecule has 8 nitrogen and oxygen atoms in total. The van der Waals surface area contributed by atoms with Gasteiger partial charge in [0.15, 0.2) is 5.82 Å². The van der Waals surface area contributed by atoms with Crippen LogP contribution in [0.15, 0.2) is 24.3 Å². The van der Waals surface area contributed by atoms with Crippen molar-refractivity contribution < 1.29 is 9.59 Å². The molecule has 0 bridgehead atoms. The predicted molar refractivity (Wildman–Crippen MR) is 109 cm³/mol. The highest BCUT2D eigenvalue weighted by Crippen LogP contribution is 2.23. The number of nitrogens with zero attached hydrogens (tertiary/aromatic N) is 4. The molecule has 28 heavy (non-hydrogen) atoms. The predicted octanol–water partition coefficient (Wildman–Crippen LogP) is 2.11. The van der Waals surface area contributed by atoms with Gasteiger partial charge < -0.3 is 20.9 Å². The minimum atomic E-state index is -0.513. The number of carbonyl (C=O) groups is 2. The van der Waals surface area contributed by atoms with Crippen LogP contribution < -0.4 is 16.0 Å². The highest BCUT2D eigenvalue weighted by molar-refractivity contribution is 5.99. The first-order chi connectivity index (χ1) is 13.4. The molecule has 0 saturated carbocycles. The van der Waals surface area contributed by atoms with Crippen LogP contribution in [0.4, 0.5) is 16.3 Å². The van der Waals surface area contributed by atoms with Crippen molar-refractivity contribution in [2.45, 2.75) is 27.2 Å². The number of hydrogen-bond donors (Lipinski definition) is 2. The normalized spacial score (nSPS) is 14.1. The summed E-state index contributed by atoms with van der Waals surface area (Å²) in [5.74, 6) is -0.0213. The third-order valence-electron chi connectivity index (χ3n) is 5.16. The number of nitrogens with two attached hydrogens (primary N) is 1. The Hall–Kier alpha value is -3.16. The van der Waals surface area contributed by atoms with Crippen molar-refractivity contribution in [2.75, 3.05) is 36.4 Å². The van der Waals surface area contributed by atoms with Crippen LogP contribution in [0.25, 0.3) is 0 Å². The van der Waals surface area contributed by atoms with Crippen LogP contribution in [-0.4, -0.2) is 53.2 Å². The molecule has 0 atom stereocenters. The topological polar surface area (TPSA) is 104 Å². The highest BCUT2D eigenvalue weighted by atomic mass is 16.2. The number of nitrogens with one attached hydrogen (secondary N) is 1. The molecular formula is C20H26N6O2. The molecule has 1 aliphatic heterocycles. The molecule has 3 rings (SSSR count). The summed E-state index contributed by atoms with van der Waals surface area (Å²) in [6.45, 7) is 7.86. The molecule has 3 amide bonds. The van der Waals surface area contributed by atoms with Crippen LogP contribution in [-0.2, 0) is 6.42 Å². The van der Waals surface area contributed by atoms with Crippen LogP contribution in [0.1, 0.15) is 34.1 Å². The van der Waals surface area contributed by atoms with Crippen molar-refractivity contribution in [3.05, 3.63) is 46.6 Å². The summed E-state index contributed by atoms with van der Waals surface area (Å²) in [7, 11) is 0. The maximum atomic E-state index is 12.5. The lowest BCUT2D eigenvalue weighted by molar-refractivity contribution is 0.0999. The van der Waals surface area contributed by atoms with E-state index in [1.165, 1.54) is 5.56 Å². The lowest BCUT2D eigenvalue weighted by atomic mass is 10.1. The second kappa shape index (κ2) is 8.24. The van der Waals surface area contributed by atoms with E-state index < -0.39 is 5.91 Å². The molecule has 1 aromatic carbocycles. The van der Waals surface area contributed by atoms with E-state index >= 15 is 0 Å². The Morgan fingerprint density at radius 2 is 1.71 bits per heavy atom. The van der Waals surface area contributed by atoms with Crippen molar-refractivity contribution in [1.82, 2.24) is 15.1 Å². The van der Waals surface area contributed by atoms with Crippen LogP contribution in [0, 0.1) is 13.8 Å². The van der Waals surface area contributed by atoms with Gasteiger partial charge in [-0.2, -0.15) is 5.10 Å². The number of aryl methyl sites for hydroxylation is 2. The summed E-state index contributed by atoms with van der Waals surface area (Å²) in [5, 5.41) is 11.3. The van der Waals surface area contributed by atoms with Crippen LogP contribution in [0.5, 0.6) is 0 Å². The molecular weight excluding hydrogens is 356 g/mol. The van der Waals surface area contributed by atoms with Crippen LogP contribution >= 0.6 is 0 Å². The number of anilines is 2. The number of hydrogen-bond acceptors (Lipinski definition) is 5. The third-order valence-corrected chi connectivity index (χ3v) is 5.16. The van der Waals surface area contributed by atoms with Crippen molar-refractivity contribution in [3.63, 3.8) is 0 Å². The van der Waals surface area contributed by atoms with Gasteiger partial charge in [0.05, 0.1) is 11.3 Å². The average molecular weight is 382 g/mol. The Morgan fingerprint density at radius 1 is 1.07 bits per heavy atom. The molecule has 0 spiro atoms. The number of urea groups is 1. The van der Waals surface area contributed by atoms with E-state index in [1.54, 1.807) is 11.8 Å². The van der Waals surface area contributed by atoms with E-state index in [4.69, 9.17) is 5.73 Å². The summed E-state index contributed by atoms with van der Waals surface area (Å²) < 4.78 is 0. The lowest BCUT2D eigenvalue weighted by Crippen LogP contribution is -2.50. The molecule has 1 aliphatic rings. The minimum Gasteiger partial charge on any atom is -0.365 e. The fourth-order valence-corrected chi connectivity index (χ4v) is 3.26. The van der Waals surface area contributed by atoms with E-state index in [-0.39, 0.29) is 6.03 Å². The smallest absolute Gasteiger partial charge is 0.321 e. The third kappa shape index (κ3) is 4.05. The quantitative estimate of drug-likeness (QED) is 0.843. The van der Waals surface area contributed by atoms with Gasteiger partial charge in [0.1, 0.15) is 0 Å².